The lowest BCUT2D eigenvalue weighted by Gasteiger charge is -2.35. The van der Waals surface area contributed by atoms with Crippen LogP contribution in [0.2, 0.25) is 0 Å². The maximum absolute atomic E-state index is 12.6. The Kier molecular flexibility index (Phi) is 5.74. The predicted octanol–water partition coefficient (Wildman–Crippen LogP) is 1.14. The number of hydrogen-bond donors (Lipinski definition) is 2. The van der Waals surface area contributed by atoms with E-state index in [2.05, 4.69) is 17.3 Å². The maximum atomic E-state index is 12.6. The van der Waals surface area contributed by atoms with Gasteiger partial charge in [0.25, 0.3) is 5.91 Å². The Labute approximate surface area is 137 Å². The maximum Gasteiger partial charge on any atom is 0.253 e. The number of benzene rings is 1. The van der Waals surface area contributed by atoms with Gasteiger partial charge in [-0.1, -0.05) is 0 Å². The largest absolute Gasteiger partial charge is 0.337 e. The van der Waals surface area contributed by atoms with Crippen LogP contribution in [-0.2, 0) is 4.79 Å². The van der Waals surface area contributed by atoms with E-state index in [9.17, 15) is 9.59 Å². The summed E-state index contributed by atoms with van der Waals surface area (Å²) in [5.74, 6) is -0.234. The highest BCUT2D eigenvalue weighted by atomic mass is 16.2. The van der Waals surface area contributed by atoms with Gasteiger partial charge in [0, 0.05) is 30.9 Å². The van der Waals surface area contributed by atoms with E-state index < -0.39 is 6.04 Å². The minimum absolute atomic E-state index is 0.00960. The molecule has 0 saturated carbocycles. The van der Waals surface area contributed by atoms with Gasteiger partial charge in [-0.3, -0.25) is 9.59 Å². The van der Waals surface area contributed by atoms with E-state index in [0.29, 0.717) is 11.3 Å². The van der Waals surface area contributed by atoms with Gasteiger partial charge >= 0.3 is 0 Å². The number of anilines is 1. The van der Waals surface area contributed by atoms with Crippen molar-refractivity contribution in [2.45, 2.75) is 31.8 Å². The number of hydrogen-bond acceptors (Lipinski definition) is 4. The molecular formula is C17H26N4O2. The van der Waals surface area contributed by atoms with Gasteiger partial charge in [0.05, 0.1) is 6.04 Å². The highest BCUT2D eigenvalue weighted by Crippen LogP contribution is 2.17. The number of nitrogens with two attached hydrogens (primary N) is 1. The lowest BCUT2D eigenvalue weighted by Crippen LogP contribution is -2.47. The van der Waals surface area contributed by atoms with Gasteiger partial charge in [-0.25, -0.2) is 0 Å². The van der Waals surface area contributed by atoms with E-state index in [1.807, 2.05) is 11.9 Å². The first-order valence-electron chi connectivity index (χ1n) is 8.00. The fourth-order valence-corrected chi connectivity index (χ4v) is 2.78. The zero-order chi connectivity index (χ0) is 17.0. The zero-order valence-electron chi connectivity index (χ0n) is 14.1. The normalized spacial score (nSPS) is 19.9. The Bertz CT molecular complexity index is 556. The summed E-state index contributed by atoms with van der Waals surface area (Å²) in [6, 6.07) is 6.62. The van der Waals surface area contributed by atoms with Crippen molar-refractivity contribution in [3.63, 3.8) is 0 Å². The van der Waals surface area contributed by atoms with Crippen molar-refractivity contribution in [2.24, 2.45) is 5.73 Å². The lowest BCUT2D eigenvalue weighted by atomic mass is 10.0. The third-order valence-electron chi connectivity index (χ3n) is 4.28. The van der Waals surface area contributed by atoms with Crippen LogP contribution in [0.4, 0.5) is 5.69 Å². The molecule has 1 saturated heterocycles. The van der Waals surface area contributed by atoms with Crippen LogP contribution in [0.3, 0.4) is 0 Å². The summed E-state index contributed by atoms with van der Waals surface area (Å²) in [6.07, 6.45) is 2.15. The third-order valence-corrected chi connectivity index (χ3v) is 4.28. The fraction of sp³-hybridized carbons (Fsp3) is 0.529. The highest BCUT2D eigenvalue weighted by molar-refractivity contribution is 5.97. The number of piperidine rings is 1. The number of carbonyl (C=O) groups excluding carboxylic acids is 2. The number of nitrogens with zero attached hydrogens (tertiary/aromatic N) is 2. The molecule has 126 valence electrons. The molecule has 23 heavy (non-hydrogen) atoms. The molecule has 2 atom stereocenters. The highest BCUT2D eigenvalue weighted by Gasteiger charge is 2.25. The molecule has 1 fully saturated rings. The number of rotatable bonds is 4. The molecule has 1 aliphatic rings. The van der Waals surface area contributed by atoms with E-state index in [-0.39, 0.29) is 17.9 Å². The lowest BCUT2D eigenvalue weighted by molar-refractivity contribution is -0.117. The van der Waals surface area contributed by atoms with Gasteiger partial charge in [0.1, 0.15) is 0 Å². The molecule has 1 aliphatic heterocycles. The average Bonchev–Trinajstić information content (AvgIpc) is 2.54. The molecule has 1 aromatic carbocycles. The van der Waals surface area contributed by atoms with Crippen LogP contribution in [0, 0.1) is 0 Å². The molecule has 0 radical (unpaired) electrons. The van der Waals surface area contributed by atoms with Crippen LogP contribution in [0.25, 0.3) is 0 Å². The van der Waals surface area contributed by atoms with Crippen molar-refractivity contribution >= 4 is 17.5 Å². The minimum atomic E-state index is -0.564. The van der Waals surface area contributed by atoms with Gasteiger partial charge in [0.2, 0.25) is 5.91 Å². The Morgan fingerprint density at radius 1 is 1.35 bits per heavy atom. The first-order chi connectivity index (χ1) is 10.9. The van der Waals surface area contributed by atoms with Crippen molar-refractivity contribution in [2.75, 3.05) is 32.5 Å². The summed E-state index contributed by atoms with van der Waals surface area (Å²) in [7, 11) is 3.94. The van der Waals surface area contributed by atoms with Crippen LogP contribution in [0.1, 0.15) is 30.1 Å². The molecular weight excluding hydrogens is 292 g/mol. The predicted molar refractivity (Wildman–Crippen MR) is 91.3 cm³/mol. The molecule has 2 rings (SSSR count). The van der Waals surface area contributed by atoms with Crippen molar-refractivity contribution in [1.82, 2.24) is 9.80 Å². The summed E-state index contributed by atoms with van der Waals surface area (Å²) in [5, 5.41) is 2.71. The number of nitrogens with one attached hydrogen (secondary N) is 1. The fourth-order valence-electron chi connectivity index (χ4n) is 2.78. The third kappa shape index (κ3) is 4.53. The molecule has 6 heteroatoms. The smallest absolute Gasteiger partial charge is 0.253 e. The molecule has 0 spiro atoms. The minimum Gasteiger partial charge on any atom is -0.337 e. The molecule has 6 nitrogen and oxygen atoms in total. The summed E-state index contributed by atoms with van der Waals surface area (Å²) in [6.45, 7) is 3.63. The van der Waals surface area contributed by atoms with E-state index in [4.69, 9.17) is 5.73 Å². The summed E-state index contributed by atoms with van der Waals surface area (Å²) >= 11 is 0. The number of carbonyl (C=O) groups is 2. The number of likely N-dealkylation sites (N-methyl/N-ethyl adjacent to an activating group) is 2. The first-order valence-corrected chi connectivity index (χ1v) is 8.00. The van der Waals surface area contributed by atoms with E-state index >= 15 is 0 Å². The van der Waals surface area contributed by atoms with Crippen LogP contribution in [-0.4, -0.2) is 60.9 Å². The van der Waals surface area contributed by atoms with Crippen LogP contribution < -0.4 is 11.1 Å². The van der Waals surface area contributed by atoms with Crippen LogP contribution >= 0.6 is 0 Å². The standard InChI is InChI=1S/C17H26N4O2/c1-12(18)16(22)19-14-8-6-13(7-9-14)17(23)21(3)15-5-4-10-20(2)11-15/h6-9,12,15H,4-5,10-11,18H2,1-3H3,(H,19,22). The van der Waals surface area contributed by atoms with E-state index in [1.54, 1.807) is 31.2 Å². The molecule has 0 aromatic heterocycles. The van der Waals surface area contributed by atoms with Gasteiger partial charge in [-0.05, 0) is 57.6 Å². The molecule has 2 amide bonds. The Morgan fingerprint density at radius 2 is 2.00 bits per heavy atom. The second kappa shape index (κ2) is 7.57. The number of likely N-dealkylation sites (tertiary alicyclic amines) is 1. The summed E-state index contributed by atoms with van der Waals surface area (Å²) < 4.78 is 0. The monoisotopic (exact) mass is 318 g/mol. The quantitative estimate of drug-likeness (QED) is 0.872. The van der Waals surface area contributed by atoms with Gasteiger partial charge in [-0.2, -0.15) is 0 Å². The Morgan fingerprint density at radius 3 is 2.57 bits per heavy atom. The van der Waals surface area contributed by atoms with E-state index in [0.717, 1.165) is 25.9 Å². The van der Waals surface area contributed by atoms with Gasteiger partial charge in [0.15, 0.2) is 0 Å². The summed E-state index contributed by atoms with van der Waals surface area (Å²) in [5.41, 5.74) is 6.79. The second-order valence-electron chi connectivity index (χ2n) is 6.33. The first kappa shape index (κ1) is 17.4. The molecule has 1 aromatic rings. The van der Waals surface area contributed by atoms with Crippen molar-refractivity contribution in [3.8, 4) is 0 Å². The zero-order valence-corrected chi connectivity index (χ0v) is 14.1. The topological polar surface area (TPSA) is 78.7 Å². The van der Waals surface area contributed by atoms with Crippen molar-refractivity contribution in [1.29, 1.82) is 0 Å². The SMILES string of the molecule is CC(N)C(=O)Nc1ccc(C(=O)N(C)C2CCCN(C)C2)cc1. The Balaban J connectivity index is 2.00. The van der Waals surface area contributed by atoms with E-state index in [1.165, 1.54) is 0 Å². The molecule has 0 aliphatic carbocycles. The van der Waals surface area contributed by atoms with Crippen LogP contribution in [0.15, 0.2) is 24.3 Å². The molecule has 3 N–H and O–H groups in total. The van der Waals surface area contributed by atoms with Gasteiger partial charge in [-0.15, -0.1) is 0 Å². The molecule has 2 unspecified atom stereocenters. The molecule has 0 bridgehead atoms. The van der Waals surface area contributed by atoms with Crippen molar-refractivity contribution < 1.29 is 9.59 Å². The average molecular weight is 318 g/mol. The number of amides is 2. The van der Waals surface area contributed by atoms with Gasteiger partial charge < -0.3 is 20.9 Å². The van der Waals surface area contributed by atoms with Crippen LogP contribution in [0.5, 0.6) is 0 Å². The second-order valence-corrected chi connectivity index (χ2v) is 6.33. The van der Waals surface area contributed by atoms with Crippen molar-refractivity contribution in [3.05, 3.63) is 29.8 Å². The Hall–Kier alpha value is -1.92. The summed E-state index contributed by atoms with van der Waals surface area (Å²) in [4.78, 5) is 28.2. The molecule has 1 heterocycles.